The molecular formula is C19H20FN4OS+. The van der Waals surface area contributed by atoms with E-state index in [9.17, 15) is 9.18 Å². The van der Waals surface area contributed by atoms with Crippen molar-refractivity contribution in [1.29, 1.82) is 0 Å². The number of carbonyl (C=O) groups excluding carboxylic acids is 1. The highest BCUT2D eigenvalue weighted by molar-refractivity contribution is 7.22. The quantitative estimate of drug-likeness (QED) is 0.735. The van der Waals surface area contributed by atoms with E-state index >= 15 is 0 Å². The third-order valence-corrected chi connectivity index (χ3v) is 5.56. The molecule has 1 saturated heterocycles. The zero-order valence-corrected chi connectivity index (χ0v) is 15.1. The van der Waals surface area contributed by atoms with Crippen LogP contribution in [0.4, 0.5) is 15.2 Å². The van der Waals surface area contributed by atoms with Gasteiger partial charge in [0.1, 0.15) is 5.82 Å². The molecule has 0 aliphatic carbocycles. The number of rotatable bonds is 4. The number of anilines is 2. The molecule has 1 amide bonds. The Morgan fingerprint density at radius 2 is 1.88 bits per heavy atom. The van der Waals surface area contributed by atoms with Crippen LogP contribution in [0.5, 0.6) is 0 Å². The minimum Gasteiger partial charge on any atom is -0.360 e. The smallest absolute Gasteiger partial charge is 0.281 e. The molecular weight excluding hydrogens is 351 g/mol. The van der Waals surface area contributed by atoms with E-state index in [1.807, 2.05) is 24.3 Å². The summed E-state index contributed by atoms with van der Waals surface area (Å²) in [4.78, 5) is 20.3. The van der Waals surface area contributed by atoms with Gasteiger partial charge >= 0.3 is 0 Å². The molecule has 7 heteroatoms. The maximum absolute atomic E-state index is 13.0. The number of thiazole rings is 1. The number of hydrogen-bond acceptors (Lipinski definition) is 4. The molecule has 0 spiro atoms. The number of fused-ring (bicyclic) bond motifs is 1. The average molecular weight is 371 g/mol. The van der Waals surface area contributed by atoms with Gasteiger partial charge < -0.3 is 9.80 Å². The molecule has 134 valence electrons. The van der Waals surface area contributed by atoms with Crippen molar-refractivity contribution in [3.63, 3.8) is 0 Å². The van der Waals surface area contributed by atoms with Crippen molar-refractivity contribution in [2.24, 2.45) is 0 Å². The van der Waals surface area contributed by atoms with Gasteiger partial charge in [0.05, 0.1) is 36.4 Å². The van der Waals surface area contributed by atoms with E-state index in [2.05, 4.69) is 15.2 Å². The third-order valence-electron chi connectivity index (χ3n) is 4.61. The number of para-hydroxylation sites is 1. The number of aromatic nitrogens is 1. The summed E-state index contributed by atoms with van der Waals surface area (Å²) in [5, 5.41) is 3.57. The minimum absolute atomic E-state index is 0.00529. The molecule has 3 aromatic rings. The van der Waals surface area contributed by atoms with Gasteiger partial charge in [0.25, 0.3) is 5.91 Å². The molecule has 2 N–H and O–H groups in total. The van der Waals surface area contributed by atoms with Crippen molar-refractivity contribution in [3.05, 3.63) is 54.3 Å². The maximum atomic E-state index is 13.0. The van der Waals surface area contributed by atoms with Gasteiger partial charge in [0.2, 0.25) is 0 Å². The van der Waals surface area contributed by atoms with E-state index in [-0.39, 0.29) is 11.7 Å². The maximum Gasteiger partial charge on any atom is 0.281 e. The van der Waals surface area contributed by atoms with Crippen molar-refractivity contribution in [2.45, 2.75) is 0 Å². The van der Waals surface area contributed by atoms with Gasteiger partial charge in [-0.3, -0.25) is 10.1 Å². The van der Waals surface area contributed by atoms with E-state index < -0.39 is 0 Å². The fraction of sp³-hybridized carbons (Fsp3) is 0.263. The van der Waals surface area contributed by atoms with Crippen molar-refractivity contribution in [1.82, 2.24) is 4.98 Å². The second kappa shape index (κ2) is 7.39. The van der Waals surface area contributed by atoms with Gasteiger partial charge in [-0.15, -0.1) is 0 Å². The van der Waals surface area contributed by atoms with Crippen LogP contribution in [0.15, 0.2) is 48.5 Å². The number of benzene rings is 2. The molecule has 5 nitrogen and oxygen atoms in total. The highest BCUT2D eigenvalue weighted by Gasteiger charge is 2.22. The molecule has 1 fully saturated rings. The largest absolute Gasteiger partial charge is 0.360 e. The number of hydrogen-bond donors (Lipinski definition) is 2. The average Bonchev–Trinajstić information content (AvgIpc) is 3.05. The van der Waals surface area contributed by atoms with Gasteiger partial charge in [-0.05, 0) is 36.4 Å². The highest BCUT2D eigenvalue weighted by Crippen LogP contribution is 2.25. The number of nitrogens with one attached hydrogen (secondary N) is 2. The standard InChI is InChI=1S/C19H19FN4OS/c20-14-5-7-15(8-6-14)24-11-9-23(10-12-24)13-18(25)22-19-21-16-3-1-2-4-17(16)26-19/h1-8H,9-13H2,(H,21,22,25)/p+1. The molecule has 4 rings (SSSR count). The Kier molecular flexibility index (Phi) is 4.81. The van der Waals surface area contributed by atoms with Crippen LogP contribution in [0.2, 0.25) is 0 Å². The van der Waals surface area contributed by atoms with Crippen LogP contribution in [0.3, 0.4) is 0 Å². The Morgan fingerprint density at radius 1 is 1.15 bits per heavy atom. The van der Waals surface area contributed by atoms with Crippen LogP contribution in [-0.2, 0) is 4.79 Å². The van der Waals surface area contributed by atoms with Crippen molar-refractivity contribution < 1.29 is 14.1 Å². The van der Waals surface area contributed by atoms with E-state index in [0.29, 0.717) is 11.7 Å². The van der Waals surface area contributed by atoms with Crippen molar-refractivity contribution in [2.75, 3.05) is 42.9 Å². The van der Waals surface area contributed by atoms with Crippen LogP contribution < -0.4 is 15.1 Å². The van der Waals surface area contributed by atoms with Crippen LogP contribution in [0.25, 0.3) is 10.2 Å². The summed E-state index contributed by atoms with van der Waals surface area (Å²) >= 11 is 1.50. The predicted molar refractivity (Wildman–Crippen MR) is 102 cm³/mol. The number of piperazine rings is 1. The summed E-state index contributed by atoms with van der Waals surface area (Å²) in [5.74, 6) is -0.223. The topological polar surface area (TPSA) is 49.7 Å². The second-order valence-corrected chi connectivity index (χ2v) is 7.46. The van der Waals surface area contributed by atoms with Gasteiger partial charge in [-0.2, -0.15) is 0 Å². The number of nitrogens with zero attached hydrogens (tertiary/aromatic N) is 2. The first kappa shape index (κ1) is 16.9. The molecule has 26 heavy (non-hydrogen) atoms. The van der Waals surface area contributed by atoms with Crippen LogP contribution in [0.1, 0.15) is 0 Å². The fourth-order valence-electron chi connectivity index (χ4n) is 3.23. The van der Waals surface area contributed by atoms with Crippen LogP contribution in [0, 0.1) is 5.82 Å². The summed E-state index contributed by atoms with van der Waals surface area (Å²) in [7, 11) is 0. The van der Waals surface area contributed by atoms with Crippen LogP contribution >= 0.6 is 11.3 Å². The first-order valence-corrected chi connectivity index (χ1v) is 9.48. The van der Waals surface area contributed by atoms with Gasteiger partial charge in [0.15, 0.2) is 11.7 Å². The third kappa shape index (κ3) is 3.84. The first-order valence-electron chi connectivity index (χ1n) is 8.67. The molecule has 1 aliphatic rings. The van der Waals surface area contributed by atoms with E-state index in [1.54, 1.807) is 12.1 Å². The molecule has 0 radical (unpaired) electrons. The van der Waals surface area contributed by atoms with E-state index in [0.717, 1.165) is 42.1 Å². The molecule has 2 heterocycles. The first-order chi connectivity index (χ1) is 12.7. The van der Waals surface area contributed by atoms with Gasteiger partial charge in [-0.1, -0.05) is 23.5 Å². The number of carbonyl (C=O) groups is 1. The molecule has 0 saturated carbocycles. The molecule has 1 aliphatic heterocycles. The lowest BCUT2D eigenvalue weighted by Gasteiger charge is -2.33. The molecule has 0 unspecified atom stereocenters. The van der Waals surface area contributed by atoms with Gasteiger partial charge in [0, 0.05) is 5.69 Å². The normalized spacial score (nSPS) is 15.3. The zero-order chi connectivity index (χ0) is 17.9. The lowest BCUT2D eigenvalue weighted by Crippen LogP contribution is -3.15. The van der Waals surface area contributed by atoms with Crippen molar-refractivity contribution in [3.8, 4) is 0 Å². The molecule has 2 aromatic carbocycles. The Labute approximate surface area is 155 Å². The summed E-state index contributed by atoms with van der Waals surface area (Å²) in [5.41, 5.74) is 1.94. The second-order valence-electron chi connectivity index (χ2n) is 6.43. The SMILES string of the molecule is O=C(C[NH+]1CCN(c2ccc(F)cc2)CC1)Nc1nc2ccccc2s1. The van der Waals surface area contributed by atoms with Gasteiger partial charge in [-0.25, -0.2) is 9.37 Å². The number of halogens is 1. The van der Waals surface area contributed by atoms with Crippen LogP contribution in [-0.4, -0.2) is 43.6 Å². The lowest BCUT2D eigenvalue weighted by molar-refractivity contribution is -0.892. The Balaban J connectivity index is 1.29. The number of quaternary nitrogens is 1. The number of amides is 1. The fourth-order valence-corrected chi connectivity index (χ4v) is 4.11. The molecule has 0 atom stereocenters. The summed E-state index contributed by atoms with van der Waals surface area (Å²) in [6.07, 6.45) is 0. The molecule has 0 bridgehead atoms. The molecule has 1 aromatic heterocycles. The monoisotopic (exact) mass is 371 g/mol. The lowest BCUT2D eigenvalue weighted by atomic mass is 10.2. The Bertz CT molecular complexity index is 870. The van der Waals surface area contributed by atoms with E-state index in [4.69, 9.17) is 0 Å². The summed E-state index contributed by atoms with van der Waals surface area (Å²) < 4.78 is 14.1. The van der Waals surface area contributed by atoms with Crippen molar-refractivity contribution >= 4 is 38.3 Å². The zero-order valence-electron chi connectivity index (χ0n) is 14.2. The predicted octanol–water partition coefficient (Wildman–Crippen LogP) is 1.78. The summed E-state index contributed by atoms with van der Waals surface area (Å²) in [6, 6.07) is 14.4. The minimum atomic E-state index is -0.218. The Hall–Kier alpha value is -2.51. The highest BCUT2D eigenvalue weighted by atomic mass is 32.1. The summed E-state index contributed by atoms with van der Waals surface area (Å²) in [6.45, 7) is 3.91. The van der Waals surface area contributed by atoms with E-state index in [1.165, 1.54) is 28.4 Å². The Morgan fingerprint density at radius 3 is 2.62 bits per heavy atom.